The molecule has 1 heterocycles. The van der Waals surface area contributed by atoms with Crippen molar-refractivity contribution in [1.29, 1.82) is 0 Å². The van der Waals surface area contributed by atoms with Crippen molar-refractivity contribution >= 4 is 34.1 Å². The molecule has 2 aromatic rings. The van der Waals surface area contributed by atoms with Gasteiger partial charge < -0.3 is 5.32 Å². The molecule has 8 heteroatoms. The Bertz CT molecular complexity index is 725. The summed E-state index contributed by atoms with van der Waals surface area (Å²) in [6.07, 6.45) is 3.60. The van der Waals surface area contributed by atoms with E-state index < -0.39 is 4.92 Å². The Balaban J connectivity index is 1.87. The second-order valence-corrected chi connectivity index (χ2v) is 6.08. The topological polar surface area (TPSA) is 96.6 Å². The minimum absolute atomic E-state index is 0.0361. The van der Waals surface area contributed by atoms with E-state index in [0.29, 0.717) is 10.4 Å². The van der Waals surface area contributed by atoms with Crippen LogP contribution in [-0.2, 0) is 0 Å². The summed E-state index contributed by atoms with van der Waals surface area (Å²) < 4.78 is 0. The fraction of sp³-hybridized carbons (Fsp3) is 0.250. The molecule has 0 radical (unpaired) electrons. The Hall–Kier alpha value is -2.74. The average Bonchev–Trinajstić information content (AvgIpc) is 3.05. The number of hydrogen-bond donors (Lipinski definition) is 2. The summed E-state index contributed by atoms with van der Waals surface area (Å²) in [7, 11) is 0. The minimum Gasteiger partial charge on any atom is -0.385 e. The number of amides is 1. The lowest BCUT2D eigenvalue weighted by atomic mass is 10.2. The summed E-state index contributed by atoms with van der Waals surface area (Å²) in [6.45, 7) is 3.03. The minimum atomic E-state index is -0.462. The summed E-state index contributed by atoms with van der Waals surface area (Å²) in [5, 5.41) is 17.7. The van der Waals surface area contributed by atoms with Crippen LogP contribution in [0.3, 0.4) is 0 Å². The van der Waals surface area contributed by atoms with Gasteiger partial charge in [-0.3, -0.25) is 14.9 Å². The SMILES string of the molecule is CCCCNc1ccc(C(=O)N/N=C/c2ccc([N+](=O)[O-])s2)cc1. The third-order valence-electron chi connectivity index (χ3n) is 3.16. The van der Waals surface area contributed by atoms with Gasteiger partial charge in [0.1, 0.15) is 0 Å². The first-order valence-corrected chi connectivity index (χ1v) is 8.33. The number of unbranched alkanes of at least 4 members (excludes halogenated alkanes) is 1. The fourth-order valence-corrected chi connectivity index (χ4v) is 2.57. The van der Waals surface area contributed by atoms with Gasteiger partial charge in [-0.05, 0) is 36.8 Å². The van der Waals surface area contributed by atoms with Gasteiger partial charge in [0.15, 0.2) is 0 Å². The molecule has 0 aliphatic carbocycles. The second kappa shape index (κ2) is 8.78. The smallest absolute Gasteiger partial charge is 0.324 e. The zero-order chi connectivity index (χ0) is 17.4. The van der Waals surface area contributed by atoms with E-state index in [0.717, 1.165) is 36.4 Å². The lowest BCUT2D eigenvalue weighted by Gasteiger charge is -2.06. The molecule has 1 aromatic carbocycles. The zero-order valence-corrected chi connectivity index (χ0v) is 14.0. The van der Waals surface area contributed by atoms with E-state index in [2.05, 4.69) is 22.8 Å². The van der Waals surface area contributed by atoms with Gasteiger partial charge >= 0.3 is 5.00 Å². The van der Waals surface area contributed by atoms with Gasteiger partial charge in [-0.25, -0.2) is 5.43 Å². The van der Waals surface area contributed by atoms with Crippen LogP contribution in [0.1, 0.15) is 35.0 Å². The molecule has 0 unspecified atom stereocenters. The van der Waals surface area contributed by atoms with Crippen molar-refractivity contribution in [2.75, 3.05) is 11.9 Å². The van der Waals surface area contributed by atoms with Crippen LogP contribution in [0.25, 0.3) is 0 Å². The summed E-state index contributed by atoms with van der Waals surface area (Å²) in [5.74, 6) is -0.336. The quantitative estimate of drug-likeness (QED) is 0.330. The van der Waals surface area contributed by atoms with Crippen LogP contribution in [0.4, 0.5) is 10.7 Å². The molecular formula is C16H18N4O3S. The summed E-state index contributed by atoms with van der Waals surface area (Å²) in [5.41, 5.74) is 3.86. The van der Waals surface area contributed by atoms with E-state index in [1.807, 2.05) is 12.1 Å². The predicted octanol–water partition coefficient (Wildman–Crippen LogP) is 3.63. The maximum atomic E-state index is 12.0. The molecule has 0 aliphatic heterocycles. The molecule has 2 N–H and O–H groups in total. The van der Waals surface area contributed by atoms with E-state index in [1.165, 1.54) is 12.3 Å². The number of hydrogen-bond acceptors (Lipinski definition) is 6. The Morgan fingerprint density at radius 3 is 2.67 bits per heavy atom. The molecule has 24 heavy (non-hydrogen) atoms. The van der Waals surface area contributed by atoms with Gasteiger partial charge in [0.2, 0.25) is 0 Å². The van der Waals surface area contributed by atoms with Crippen LogP contribution in [0.2, 0.25) is 0 Å². The number of rotatable bonds is 8. The molecule has 1 amide bonds. The molecule has 0 bridgehead atoms. The first-order valence-electron chi connectivity index (χ1n) is 7.51. The molecule has 0 saturated carbocycles. The van der Waals surface area contributed by atoms with Crippen LogP contribution in [0, 0.1) is 10.1 Å². The summed E-state index contributed by atoms with van der Waals surface area (Å²) in [6, 6.07) is 10.1. The summed E-state index contributed by atoms with van der Waals surface area (Å²) in [4.78, 5) is 22.7. The monoisotopic (exact) mass is 346 g/mol. The maximum Gasteiger partial charge on any atom is 0.324 e. The number of nitrogens with one attached hydrogen (secondary N) is 2. The maximum absolute atomic E-state index is 12.0. The van der Waals surface area contributed by atoms with E-state index >= 15 is 0 Å². The standard InChI is InChI=1S/C16H18N4O3S/c1-2-3-10-17-13-6-4-12(5-7-13)16(21)19-18-11-14-8-9-15(24-14)20(22)23/h4-9,11,17H,2-3,10H2,1H3,(H,19,21)/b18-11+. The number of hydrazone groups is 1. The third kappa shape index (κ3) is 5.17. The van der Waals surface area contributed by atoms with E-state index in [4.69, 9.17) is 0 Å². The second-order valence-electron chi connectivity index (χ2n) is 4.99. The van der Waals surface area contributed by atoms with Crippen LogP contribution >= 0.6 is 11.3 Å². The van der Waals surface area contributed by atoms with Crippen LogP contribution in [0.15, 0.2) is 41.5 Å². The molecule has 7 nitrogen and oxygen atoms in total. The van der Waals surface area contributed by atoms with Crippen LogP contribution in [-0.4, -0.2) is 23.6 Å². The van der Waals surface area contributed by atoms with E-state index in [1.54, 1.807) is 18.2 Å². The number of anilines is 1. The molecule has 0 atom stereocenters. The molecular weight excluding hydrogens is 328 g/mol. The number of benzene rings is 1. The Morgan fingerprint density at radius 2 is 2.04 bits per heavy atom. The highest BCUT2D eigenvalue weighted by molar-refractivity contribution is 7.16. The van der Waals surface area contributed by atoms with Gasteiger partial charge in [-0.2, -0.15) is 5.10 Å². The average molecular weight is 346 g/mol. The molecule has 0 spiro atoms. The highest BCUT2D eigenvalue weighted by Gasteiger charge is 2.08. The van der Waals surface area contributed by atoms with Crippen molar-refractivity contribution in [3.63, 3.8) is 0 Å². The number of carbonyl (C=O) groups excluding carboxylic acids is 1. The van der Waals surface area contributed by atoms with Crippen molar-refractivity contribution < 1.29 is 9.72 Å². The zero-order valence-electron chi connectivity index (χ0n) is 13.2. The first-order chi connectivity index (χ1) is 11.6. The number of nitro groups is 1. The van der Waals surface area contributed by atoms with Gasteiger partial charge in [-0.1, -0.05) is 24.7 Å². The van der Waals surface area contributed by atoms with E-state index in [9.17, 15) is 14.9 Å². The fourth-order valence-electron chi connectivity index (χ4n) is 1.88. The largest absolute Gasteiger partial charge is 0.385 e. The summed E-state index contributed by atoms with van der Waals surface area (Å²) >= 11 is 0.992. The highest BCUT2D eigenvalue weighted by atomic mass is 32.1. The van der Waals surface area contributed by atoms with Gasteiger partial charge in [0.05, 0.1) is 16.0 Å². The van der Waals surface area contributed by atoms with Gasteiger partial charge in [0, 0.05) is 23.9 Å². The number of nitrogens with zero attached hydrogens (tertiary/aromatic N) is 2. The Labute approximate surface area is 143 Å². The third-order valence-corrected chi connectivity index (χ3v) is 4.13. The van der Waals surface area contributed by atoms with Crippen molar-refractivity contribution in [2.24, 2.45) is 5.10 Å². The molecule has 0 aliphatic rings. The lowest BCUT2D eigenvalue weighted by Crippen LogP contribution is -2.17. The van der Waals surface area contributed by atoms with Crippen molar-refractivity contribution in [3.05, 3.63) is 57.0 Å². The van der Waals surface area contributed by atoms with Gasteiger partial charge in [0.25, 0.3) is 5.91 Å². The molecule has 0 fully saturated rings. The normalized spacial score (nSPS) is 10.7. The Kier molecular flexibility index (Phi) is 6.44. The van der Waals surface area contributed by atoms with Crippen molar-refractivity contribution in [1.82, 2.24) is 5.43 Å². The van der Waals surface area contributed by atoms with Crippen molar-refractivity contribution in [3.8, 4) is 0 Å². The number of carbonyl (C=O) groups is 1. The van der Waals surface area contributed by atoms with Crippen LogP contribution < -0.4 is 10.7 Å². The Morgan fingerprint density at radius 1 is 1.29 bits per heavy atom. The number of thiophene rings is 1. The van der Waals surface area contributed by atoms with Crippen LogP contribution in [0.5, 0.6) is 0 Å². The predicted molar refractivity (Wildman–Crippen MR) is 95.9 cm³/mol. The van der Waals surface area contributed by atoms with E-state index in [-0.39, 0.29) is 10.9 Å². The lowest BCUT2D eigenvalue weighted by molar-refractivity contribution is -0.380. The highest BCUT2D eigenvalue weighted by Crippen LogP contribution is 2.22. The van der Waals surface area contributed by atoms with Gasteiger partial charge in [-0.15, -0.1) is 0 Å². The molecule has 2 rings (SSSR count). The molecule has 1 aromatic heterocycles. The molecule has 126 valence electrons. The first kappa shape index (κ1) is 17.6. The molecule has 0 saturated heterocycles. The van der Waals surface area contributed by atoms with Crippen molar-refractivity contribution in [2.45, 2.75) is 19.8 Å².